The molecular weight excluding hydrogens is 633 g/mol. The lowest BCUT2D eigenvalue weighted by atomic mass is 9.97. The molecule has 10 aromatic rings. The quantitative estimate of drug-likeness (QED) is 0.177. The Bertz CT molecular complexity index is 2900. The molecule has 0 N–H and O–H groups in total. The molecule has 0 saturated carbocycles. The van der Waals surface area contributed by atoms with Crippen LogP contribution in [0.4, 0.5) is 17.1 Å². The Labute approximate surface area is 301 Å². The van der Waals surface area contributed by atoms with Crippen LogP contribution in [0.25, 0.3) is 77.1 Å². The average molecular weight is 665 g/mol. The van der Waals surface area contributed by atoms with Gasteiger partial charge in [-0.05, 0) is 92.3 Å². The van der Waals surface area contributed by atoms with Crippen LogP contribution in [0, 0.1) is 0 Å². The zero-order valence-electron chi connectivity index (χ0n) is 28.3. The minimum atomic E-state index is 0.629. The molecule has 244 valence electrons. The van der Waals surface area contributed by atoms with E-state index >= 15 is 0 Å². The van der Waals surface area contributed by atoms with Crippen LogP contribution < -0.4 is 4.90 Å². The van der Waals surface area contributed by atoms with Crippen LogP contribution in [0.15, 0.2) is 199 Å². The third-order valence-corrected chi connectivity index (χ3v) is 10.1. The molecule has 9 aromatic carbocycles. The molecule has 0 amide bonds. The van der Waals surface area contributed by atoms with Gasteiger partial charge in [-0.15, -0.1) is 0 Å². The number of oxazole rings is 1. The highest BCUT2D eigenvalue weighted by Crippen LogP contribution is 2.42. The van der Waals surface area contributed by atoms with Gasteiger partial charge in [-0.3, -0.25) is 0 Å². The molecule has 0 radical (unpaired) electrons. The summed E-state index contributed by atoms with van der Waals surface area (Å²) in [6, 6.07) is 68.8. The second kappa shape index (κ2) is 12.4. The highest BCUT2D eigenvalue weighted by molar-refractivity contribution is 6.09. The van der Waals surface area contributed by atoms with E-state index in [0.717, 1.165) is 55.6 Å². The van der Waals surface area contributed by atoms with Gasteiger partial charge in [-0.2, -0.15) is 0 Å². The lowest BCUT2D eigenvalue weighted by molar-refractivity contribution is 0.623. The predicted molar refractivity (Wildman–Crippen MR) is 218 cm³/mol. The summed E-state index contributed by atoms with van der Waals surface area (Å²) in [7, 11) is 0. The maximum absolute atomic E-state index is 6.55. The SMILES string of the molecule is c1ccc(-c2ccc(N(c3cccc(-c4cccc5c4ccc4nc(-c6ccc7ccccc7c6)oc45)c3)c3cccc4ccccc34)cc2)cc1. The van der Waals surface area contributed by atoms with E-state index in [1.165, 1.54) is 32.7 Å². The van der Waals surface area contributed by atoms with Crippen LogP contribution in [0.1, 0.15) is 0 Å². The van der Waals surface area contributed by atoms with E-state index in [0.29, 0.717) is 5.89 Å². The molecule has 3 heteroatoms. The first-order valence-corrected chi connectivity index (χ1v) is 17.6. The molecular formula is C49H32N2O. The predicted octanol–water partition coefficient (Wildman–Crippen LogP) is 13.8. The van der Waals surface area contributed by atoms with Crippen LogP contribution in [0.5, 0.6) is 0 Å². The molecule has 0 aliphatic carbocycles. The van der Waals surface area contributed by atoms with Crippen molar-refractivity contribution in [1.82, 2.24) is 4.98 Å². The van der Waals surface area contributed by atoms with Crippen molar-refractivity contribution in [3.8, 4) is 33.7 Å². The summed E-state index contributed by atoms with van der Waals surface area (Å²) in [4.78, 5) is 7.30. The molecule has 0 bridgehead atoms. The van der Waals surface area contributed by atoms with Crippen LogP contribution >= 0.6 is 0 Å². The maximum atomic E-state index is 6.55. The normalized spacial score (nSPS) is 11.5. The van der Waals surface area contributed by atoms with Gasteiger partial charge < -0.3 is 9.32 Å². The molecule has 0 atom stereocenters. The van der Waals surface area contributed by atoms with Gasteiger partial charge in [0.05, 0.1) is 5.69 Å². The molecule has 0 aliphatic rings. The molecule has 1 heterocycles. The zero-order valence-corrected chi connectivity index (χ0v) is 28.3. The van der Waals surface area contributed by atoms with Crippen molar-refractivity contribution in [3.05, 3.63) is 194 Å². The Morgan fingerprint density at radius 3 is 1.94 bits per heavy atom. The summed E-state index contributed by atoms with van der Waals surface area (Å²) in [5, 5.41) is 6.93. The molecule has 3 nitrogen and oxygen atoms in total. The molecule has 0 saturated heterocycles. The second-order valence-electron chi connectivity index (χ2n) is 13.2. The number of hydrogen-bond donors (Lipinski definition) is 0. The van der Waals surface area contributed by atoms with Crippen molar-refractivity contribution in [1.29, 1.82) is 0 Å². The number of aromatic nitrogens is 1. The van der Waals surface area contributed by atoms with Gasteiger partial charge in [0.2, 0.25) is 5.89 Å². The first-order valence-electron chi connectivity index (χ1n) is 17.6. The highest BCUT2D eigenvalue weighted by Gasteiger charge is 2.18. The lowest BCUT2D eigenvalue weighted by Gasteiger charge is -2.27. The molecule has 10 rings (SSSR count). The Balaban J connectivity index is 1.09. The molecule has 0 spiro atoms. The van der Waals surface area contributed by atoms with E-state index in [-0.39, 0.29) is 0 Å². The van der Waals surface area contributed by atoms with Gasteiger partial charge in [0.25, 0.3) is 0 Å². The fourth-order valence-electron chi connectivity index (χ4n) is 7.52. The Hall–Kier alpha value is -6.97. The van der Waals surface area contributed by atoms with E-state index in [4.69, 9.17) is 9.40 Å². The lowest BCUT2D eigenvalue weighted by Crippen LogP contribution is -2.10. The number of rotatable bonds is 6. The minimum Gasteiger partial charge on any atom is -0.435 e. The van der Waals surface area contributed by atoms with E-state index in [9.17, 15) is 0 Å². The van der Waals surface area contributed by atoms with Crippen molar-refractivity contribution < 1.29 is 4.42 Å². The summed E-state index contributed by atoms with van der Waals surface area (Å²) in [5.74, 6) is 0.629. The van der Waals surface area contributed by atoms with E-state index in [2.05, 4.69) is 199 Å². The largest absolute Gasteiger partial charge is 0.435 e. The third-order valence-electron chi connectivity index (χ3n) is 10.1. The summed E-state index contributed by atoms with van der Waals surface area (Å²) in [5.41, 5.74) is 10.6. The minimum absolute atomic E-state index is 0.629. The number of benzene rings is 9. The van der Waals surface area contributed by atoms with Gasteiger partial charge in [-0.1, -0.05) is 146 Å². The fourth-order valence-corrected chi connectivity index (χ4v) is 7.52. The topological polar surface area (TPSA) is 29.3 Å². The Morgan fingerprint density at radius 1 is 0.385 bits per heavy atom. The monoisotopic (exact) mass is 664 g/mol. The Morgan fingerprint density at radius 2 is 1.06 bits per heavy atom. The van der Waals surface area contributed by atoms with Gasteiger partial charge in [0, 0.05) is 27.7 Å². The standard InChI is InChI=1S/C49H32N2O/c1-2-11-33(12-3-1)35-25-27-40(28-26-35)51(47-22-9-16-36-14-6-7-19-43(36)47)41-18-8-17-38(32-41)42-20-10-21-45-44(42)29-30-46-48(45)52-49(50-46)39-24-23-34-13-4-5-15-37(34)31-39/h1-32H. The van der Waals surface area contributed by atoms with E-state index in [1.54, 1.807) is 0 Å². The molecule has 0 fully saturated rings. The van der Waals surface area contributed by atoms with Crippen molar-refractivity contribution in [2.45, 2.75) is 0 Å². The van der Waals surface area contributed by atoms with Crippen LogP contribution in [0.2, 0.25) is 0 Å². The zero-order chi connectivity index (χ0) is 34.4. The van der Waals surface area contributed by atoms with Gasteiger partial charge in [-0.25, -0.2) is 4.98 Å². The van der Waals surface area contributed by atoms with Crippen molar-refractivity contribution >= 4 is 60.5 Å². The van der Waals surface area contributed by atoms with Gasteiger partial charge in [0.15, 0.2) is 5.58 Å². The first kappa shape index (κ1) is 29.9. The fraction of sp³-hybridized carbons (Fsp3) is 0. The van der Waals surface area contributed by atoms with Gasteiger partial charge in [0.1, 0.15) is 5.52 Å². The van der Waals surface area contributed by atoms with Crippen LogP contribution in [-0.2, 0) is 0 Å². The van der Waals surface area contributed by atoms with Crippen molar-refractivity contribution in [2.24, 2.45) is 0 Å². The molecule has 52 heavy (non-hydrogen) atoms. The molecule has 1 aromatic heterocycles. The van der Waals surface area contributed by atoms with Crippen LogP contribution in [0.3, 0.4) is 0 Å². The third kappa shape index (κ3) is 5.19. The smallest absolute Gasteiger partial charge is 0.227 e. The van der Waals surface area contributed by atoms with Crippen molar-refractivity contribution in [3.63, 3.8) is 0 Å². The number of anilines is 3. The maximum Gasteiger partial charge on any atom is 0.227 e. The molecule has 0 unspecified atom stereocenters. The Kier molecular flexibility index (Phi) is 7.14. The van der Waals surface area contributed by atoms with Crippen LogP contribution in [-0.4, -0.2) is 4.98 Å². The summed E-state index contributed by atoms with van der Waals surface area (Å²) in [6.45, 7) is 0. The number of fused-ring (bicyclic) bond motifs is 5. The molecule has 0 aliphatic heterocycles. The summed E-state index contributed by atoms with van der Waals surface area (Å²) in [6.07, 6.45) is 0. The summed E-state index contributed by atoms with van der Waals surface area (Å²) >= 11 is 0. The van der Waals surface area contributed by atoms with E-state index in [1.807, 2.05) is 0 Å². The first-order chi connectivity index (χ1) is 25.8. The average Bonchev–Trinajstić information content (AvgIpc) is 3.67. The second-order valence-corrected chi connectivity index (χ2v) is 13.2. The number of hydrogen-bond acceptors (Lipinski definition) is 3. The van der Waals surface area contributed by atoms with Gasteiger partial charge >= 0.3 is 0 Å². The van der Waals surface area contributed by atoms with E-state index < -0.39 is 0 Å². The van der Waals surface area contributed by atoms with Crippen molar-refractivity contribution in [2.75, 3.05) is 4.90 Å². The number of nitrogens with zero attached hydrogens (tertiary/aromatic N) is 2. The highest BCUT2D eigenvalue weighted by atomic mass is 16.3. The summed E-state index contributed by atoms with van der Waals surface area (Å²) < 4.78 is 6.55.